The second kappa shape index (κ2) is 6.63. The maximum atomic E-state index is 7.68. The molecule has 3 N–H and O–H groups in total. The fraction of sp³-hybridized carbons (Fsp3) is 0.188. The standard InChI is InChI=1S/C16H18BrN3O/c1-20(15-6-4-3-5-13(15)16(18)19)10-11-9-12(21-2)7-8-14(11)17/h3-9H,10H2,1-2H3,(H3,18,19). The van der Waals surface area contributed by atoms with E-state index in [1.807, 2.05) is 49.5 Å². The molecule has 0 aliphatic rings. The largest absolute Gasteiger partial charge is 0.497 e. The van der Waals surface area contributed by atoms with Gasteiger partial charge in [-0.15, -0.1) is 0 Å². The maximum Gasteiger partial charge on any atom is 0.124 e. The number of ether oxygens (including phenoxy) is 1. The van der Waals surface area contributed by atoms with Crippen LogP contribution in [0, 0.1) is 5.41 Å². The van der Waals surface area contributed by atoms with Crippen molar-refractivity contribution >= 4 is 27.5 Å². The molecule has 0 saturated carbocycles. The van der Waals surface area contributed by atoms with Crippen LogP contribution in [0.15, 0.2) is 46.9 Å². The highest BCUT2D eigenvalue weighted by molar-refractivity contribution is 9.10. The molecule has 0 atom stereocenters. The van der Waals surface area contributed by atoms with Gasteiger partial charge in [0.05, 0.1) is 7.11 Å². The van der Waals surface area contributed by atoms with E-state index >= 15 is 0 Å². The van der Waals surface area contributed by atoms with Gasteiger partial charge in [0, 0.05) is 29.3 Å². The number of amidine groups is 1. The molecular weight excluding hydrogens is 330 g/mol. The van der Waals surface area contributed by atoms with Crippen molar-refractivity contribution in [3.8, 4) is 5.75 Å². The van der Waals surface area contributed by atoms with Crippen molar-refractivity contribution in [2.24, 2.45) is 5.73 Å². The van der Waals surface area contributed by atoms with E-state index in [0.717, 1.165) is 27.0 Å². The van der Waals surface area contributed by atoms with Crippen molar-refractivity contribution in [2.45, 2.75) is 6.54 Å². The van der Waals surface area contributed by atoms with E-state index in [1.165, 1.54) is 0 Å². The Balaban J connectivity index is 2.30. The quantitative estimate of drug-likeness (QED) is 0.643. The number of para-hydroxylation sites is 1. The molecule has 0 unspecified atom stereocenters. The summed E-state index contributed by atoms with van der Waals surface area (Å²) in [5.41, 5.74) is 8.42. The van der Waals surface area contributed by atoms with E-state index in [0.29, 0.717) is 6.54 Å². The third kappa shape index (κ3) is 3.55. The smallest absolute Gasteiger partial charge is 0.124 e. The Labute approximate surface area is 133 Å². The lowest BCUT2D eigenvalue weighted by Gasteiger charge is -2.23. The Hall–Kier alpha value is -2.01. The predicted molar refractivity (Wildman–Crippen MR) is 90.3 cm³/mol. The van der Waals surface area contributed by atoms with Crippen LogP contribution < -0.4 is 15.4 Å². The van der Waals surface area contributed by atoms with Crippen LogP contribution in [-0.2, 0) is 6.54 Å². The second-order valence-electron chi connectivity index (χ2n) is 4.74. The third-order valence-corrected chi connectivity index (χ3v) is 4.04. The van der Waals surface area contributed by atoms with E-state index in [9.17, 15) is 0 Å². The molecule has 0 aliphatic heterocycles. The van der Waals surface area contributed by atoms with Crippen molar-refractivity contribution in [2.75, 3.05) is 19.1 Å². The number of hydrogen-bond acceptors (Lipinski definition) is 3. The van der Waals surface area contributed by atoms with Crippen LogP contribution in [-0.4, -0.2) is 20.0 Å². The number of hydrogen-bond donors (Lipinski definition) is 2. The summed E-state index contributed by atoms with van der Waals surface area (Å²) in [7, 11) is 3.63. The Morgan fingerprint density at radius 3 is 2.67 bits per heavy atom. The molecule has 0 aliphatic carbocycles. The zero-order valence-electron chi connectivity index (χ0n) is 12.1. The molecule has 0 saturated heterocycles. The van der Waals surface area contributed by atoms with Gasteiger partial charge in [0.1, 0.15) is 11.6 Å². The molecule has 0 amide bonds. The lowest BCUT2D eigenvalue weighted by Crippen LogP contribution is -2.22. The molecule has 2 aromatic rings. The molecule has 0 aromatic heterocycles. The Morgan fingerprint density at radius 2 is 2.00 bits per heavy atom. The minimum absolute atomic E-state index is 0.0714. The molecule has 0 spiro atoms. The normalized spacial score (nSPS) is 10.2. The zero-order valence-corrected chi connectivity index (χ0v) is 13.6. The summed E-state index contributed by atoms with van der Waals surface area (Å²) in [6.45, 7) is 0.683. The number of nitrogen functional groups attached to an aromatic ring is 1. The summed E-state index contributed by atoms with van der Waals surface area (Å²) in [6, 6.07) is 13.5. The highest BCUT2D eigenvalue weighted by atomic mass is 79.9. The van der Waals surface area contributed by atoms with Crippen LogP contribution in [0.1, 0.15) is 11.1 Å². The van der Waals surface area contributed by atoms with Crippen molar-refractivity contribution in [3.63, 3.8) is 0 Å². The molecule has 5 heteroatoms. The number of anilines is 1. The van der Waals surface area contributed by atoms with Gasteiger partial charge in [-0.25, -0.2) is 0 Å². The summed E-state index contributed by atoms with van der Waals surface area (Å²) in [6.07, 6.45) is 0. The lowest BCUT2D eigenvalue weighted by molar-refractivity contribution is 0.414. The molecule has 21 heavy (non-hydrogen) atoms. The van der Waals surface area contributed by atoms with Crippen LogP contribution >= 0.6 is 15.9 Å². The van der Waals surface area contributed by atoms with Crippen molar-refractivity contribution < 1.29 is 4.74 Å². The fourth-order valence-corrected chi connectivity index (χ4v) is 2.55. The van der Waals surface area contributed by atoms with Gasteiger partial charge >= 0.3 is 0 Å². The third-order valence-electron chi connectivity index (χ3n) is 3.27. The first-order valence-electron chi connectivity index (χ1n) is 6.50. The van der Waals surface area contributed by atoms with Crippen molar-refractivity contribution in [3.05, 3.63) is 58.1 Å². The van der Waals surface area contributed by atoms with Crippen LogP contribution in [0.3, 0.4) is 0 Å². The molecule has 0 bridgehead atoms. The summed E-state index contributed by atoms with van der Waals surface area (Å²) < 4.78 is 6.29. The van der Waals surface area contributed by atoms with E-state index < -0.39 is 0 Å². The second-order valence-corrected chi connectivity index (χ2v) is 5.60. The van der Waals surface area contributed by atoms with E-state index in [1.54, 1.807) is 7.11 Å². The lowest BCUT2D eigenvalue weighted by atomic mass is 10.1. The maximum absolute atomic E-state index is 7.68. The highest BCUT2D eigenvalue weighted by Gasteiger charge is 2.11. The van der Waals surface area contributed by atoms with Gasteiger partial charge in [0.15, 0.2) is 0 Å². The molecule has 0 radical (unpaired) electrons. The van der Waals surface area contributed by atoms with E-state index in [4.69, 9.17) is 15.9 Å². The van der Waals surface area contributed by atoms with E-state index in [2.05, 4.69) is 20.8 Å². The first-order valence-corrected chi connectivity index (χ1v) is 7.29. The number of halogens is 1. The SMILES string of the molecule is COc1ccc(Br)c(CN(C)c2ccccc2C(=N)N)c1. The number of nitrogens with zero attached hydrogens (tertiary/aromatic N) is 1. The predicted octanol–water partition coefficient (Wildman–Crippen LogP) is 3.38. The molecule has 0 fully saturated rings. The first-order chi connectivity index (χ1) is 10.0. The fourth-order valence-electron chi connectivity index (χ4n) is 2.17. The van der Waals surface area contributed by atoms with Crippen molar-refractivity contribution in [1.82, 2.24) is 0 Å². The summed E-state index contributed by atoms with van der Waals surface area (Å²) in [5.74, 6) is 0.892. The molecule has 2 aromatic carbocycles. The number of methoxy groups -OCH3 is 1. The van der Waals surface area contributed by atoms with Gasteiger partial charge in [-0.3, -0.25) is 5.41 Å². The molecular formula is C16H18BrN3O. The van der Waals surface area contributed by atoms with Gasteiger partial charge in [-0.05, 0) is 35.9 Å². The molecule has 4 nitrogen and oxygen atoms in total. The minimum Gasteiger partial charge on any atom is -0.497 e. The molecule has 2 rings (SSSR count). The summed E-state index contributed by atoms with van der Waals surface area (Å²) in [5, 5.41) is 7.68. The van der Waals surface area contributed by atoms with Gasteiger partial charge < -0.3 is 15.4 Å². The van der Waals surface area contributed by atoms with Crippen LogP contribution in [0.4, 0.5) is 5.69 Å². The topological polar surface area (TPSA) is 62.3 Å². The Kier molecular flexibility index (Phi) is 4.85. The number of nitrogens with one attached hydrogen (secondary N) is 1. The monoisotopic (exact) mass is 347 g/mol. The molecule has 110 valence electrons. The highest BCUT2D eigenvalue weighted by Crippen LogP contribution is 2.26. The van der Waals surface area contributed by atoms with Gasteiger partial charge in [-0.1, -0.05) is 28.1 Å². The average Bonchev–Trinajstić information content (AvgIpc) is 2.49. The number of rotatable bonds is 5. The van der Waals surface area contributed by atoms with Gasteiger partial charge in [0.25, 0.3) is 0 Å². The summed E-state index contributed by atoms with van der Waals surface area (Å²) >= 11 is 3.56. The Bertz CT molecular complexity index is 658. The minimum atomic E-state index is 0.0714. The van der Waals surface area contributed by atoms with Crippen LogP contribution in [0.2, 0.25) is 0 Å². The van der Waals surface area contributed by atoms with Crippen LogP contribution in [0.5, 0.6) is 5.75 Å². The van der Waals surface area contributed by atoms with Gasteiger partial charge in [0.2, 0.25) is 0 Å². The molecule has 0 heterocycles. The number of nitrogens with two attached hydrogens (primary N) is 1. The summed E-state index contributed by atoms with van der Waals surface area (Å²) in [4.78, 5) is 2.07. The van der Waals surface area contributed by atoms with Gasteiger partial charge in [-0.2, -0.15) is 0 Å². The van der Waals surface area contributed by atoms with Crippen molar-refractivity contribution in [1.29, 1.82) is 5.41 Å². The van der Waals surface area contributed by atoms with E-state index in [-0.39, 0.29) is 5.84 Å². The number of benzene rings is 2. The zero-order chi connectivity index (χ0) is 15.4. The average molecular weight is 348 g/mol. The first kappa shape index (κ1) is 15.4. The Morgan fingerprint density at radius 1 is 1.29 bits per heavy atom. The van der Waals surface area contributed by atoms with Crippen LogP contribution in [0.25, 0.3) is 0 Å².